The molecule has 1 saturated heterocycles. The van der Waals surface area contributed by atoms with E-state index in [1.807, 2.05) is 24.3 Å². The summed E-state index contributed by atoms with van der Waals surface area (Å²) in [4.78, 5) is 0. The van der Waals surface area contributed by atoms with Crippen molar-refractivity contribution < 1.29 is 9.47 Å². The topological polar surface area (TPSA) is 21.8 Å². The summed E-state index contributed by atoms with van der Waals surface area (Å²) in [5.74, 6) is 1.29. The third kappa shape index (κ3) is 3.15. The summed E-state index contributed by atoms with van der Waals surface area (Å²) in [7, 11) is 0. The lowest BCUT2D eigenvalue weighted by Gasteiger charge is -2.13. The van der Waals surface area contributed by atoms with Crippen molar-refractivity contribution in [2.75, 3.05) is 13.2 Å². The molecule has 2 heteroatoms. The van der Waals surface area contributed by atoms with Gasteiger partial charge in [0.1, 0.15) is 18.5 Å². The van der Waals surface area contributed by atoms with E-state index in [0.717, 1.165) is 12.4 Å². The van der Waals surface area contributed by atoms with Gasteiger partial charge in [-0.15, -0.1) is 0 Å². The molecule has 0 aliphatic carbocycles. The van der Waals surface area contributed by atoms with Crippen molar-refractivity contribution >= 4 is 0 Å². The Kier molecular flexibility index (Phi) is 3.51. The van der Waals surface area contributed by atoms with E-state index in [9.17, 15) is 0 Å². The zero-order chi connectivity index (χ0) is 13.1. The van der Waals surface area contributed by atoms with Crippen molar-refractivity contribution in [1.82, 2.24) is 0 Å². The van der Waals surface area contributed by atoms with Crippen LogP contribution in [0.15, 0.2) is 48.5 Å². The molecule has 2 aromatic carbocycles. The minimum Gasteiger partial charge on any atom is -0.491 e. The Labute approximate surface area is 114 Å². The molecule has 1 fully saturated rings. The van der Waals surface area contributed by atoms with Gasteiger partial charge < -0.3 is 9.47 Å². The van der Waals surface area contributed by atoms with Gasteiger partial charge in [0.25, 0.3) is 0 Å². The van der Waals surface area contributed by atoms with E-state index in [1.165, 1.54) is 11.1 Å². The molecular formula is C17H17O2. The molecule has 97 valence electrons. The molecule has 2 atom stereocenters. The minimum atomic E-state index is 0.305. The van der Waals surface area contributed by atoms with Crippen molar-refractivity contribution in [3.63, 3.8) is 0 Å². The van der Waals surface area contributed by atoms with Crippen molar-refractivity contribution in [2.24, 2.45) is 0 Å². The van der Waals surface area contributed by atoms with Crippen LogP contribution in [0.2, 0.25) is 0 Å². The molecule has 1 aliphatic heterocycles. The van der Waals surface area contributed by atoms with Gasteiger partial charge >= 0.3 is 0 Å². The molecule has 1 aliphatic rings. The number of hydrogen-bond donors (Lipinski definition) is 0. The second-order valence-electron chi connectivity index (χ2n) is 4.89. The first-order chi connectivity index (χ1) is 9.33. The average Bonchev–Trinajstić information content (AvgIpc) is 3.30. The van der Waals surface area contributed by atoms with E-state index >= 15 is 0 Å². The van der Waals surface area contributed by atoms with Crippen molar-refractivity contribution in [3.8, 4) is 5.75 Å². The maximum Gasteiger partial charge on any atom is 0.119 e. The lowest BCUT2D eigenvalue weighted by molar-refractivity contribution is 0.263. The van der Waals surface area contributed by atoms with Gasteiger partial charge in [-0.1, -0.05) is 43.3 Å². The third-order valence-corrected chi connectivity index (χ3v) is 3.46. The molecule has 0 N–H and O–H groups in total. The predicted octanol–water partition coefficient (Wildman–Crippen LogP) is 3.42. The summed E-state index contributed by atoms with van der Waals surface area (Å²) in [5.41, 5.74) is 2.60. The highest BCUT2D eigenvalue weighted by Crippen LogP contribution is 2.25. The van der Waals surface area contributed by atoms with Gasteiger partial charge in [-0.2, -0.15) is 0 Å². The summed E-state index contributed by atoms with van der Waals surface area (Å²) in [6.45, 7) is 3.70. The van der Waals surface area contributed by atoms with Gasteiger partial charge in [0.05, 0.1) is 6.61 Å². The number of hydrogen-bond acceptors (Lipinski definition) is 2. The second kappa shape index (κ2) is 5.45. The van der Waals surface area contributed by atoms with Gasteiger partial charge in [-0.25, -0.2) is 0 Å². The summed E-state index contributed by atoms with van der Waals surface area (Å²) in [5, 5.41) is 0. The van der Waals surface area contributed by atoms with E-state index in [1.54, 1.807) is 0 Å². The lowest BCUT2D eigenvalue weighted by atomic mass is 9.93. The molecule has 1 radical (unpaired) electrons. The van der Waals surface area contributed by atoms with E-state index in [0.29, 0.717) is 18.6 Å². The summed E-state index contributed by atoms with van der Waals surface area (Å²) in [6.07, 6.45) is 0.305. The molecule has 3 rings (SSSR count). The highest BCUT2D eigenvalue weighted by molar-refractivity contribution is 5.35. The summed E-state index contributed by atoms with van der Waals surface area (Å²) < 4.78 is 10.8. The summed E-state index contributed by atoms with van der Waals surface area (Å²) in [6, 6.07) is 19.5. The molecule has 0 amide bonds. The average molecular weight is 253 g/mol. The zero-order valence-electron chi connectivity index (χ0n) is 11.0. The third-order valence-electron chi connectivity index (χ3n) is 3.46. The van der Waals surface area contributed by atoms with E-state index in [4.69, 9.17) is 9.47 Å². The predicted molar refractivity (Wildman–Crippen MR) is 74.5 cm³/mol. The molecule has 0 bridgehead atoms. The highest BCUT2D eigenvalue weighted by atomic mass is 16.6. The molecule has 19 heavy (non-hydrogen) atoms. The number of epoxide rings is 1. The first-order valence-electron chi connectivity index (χ1n) is 6.63. The van der Waals surface area contributed by atoms with Crippen LogP contribution in [-0.2, 0) is 4.74 Å². The Morgan fingerprint density at radius 2 is 1.79 bits per heavy atom. The Morgan fingerprint density at radius 1 is 1.16 bits per heavy atom. The fourth-order valence-corrected chi connectivity index (χ4v) is 2.09. The standard InChI is InChI=1S/C17H17O2/c1-13(14-5-3-2-4-6-14)15-7-9-16(10-8-15)18-11-17-12-19-17/h3-10,13,17H,11-12H2,1H3. The Morgan fingerprint density at radius 3 is 2.42 bits per heavy atom. The zero-order valence-corrected chi connectivity index (χ0v) is 11.0. The number of rotatable bonds is 5. The molecule has 0 aromatic heterocycles. The molecule has 0 spiro atoms. The van der Waals surface area contributed by atoms with Crippen LogP contribution in [-0.4, -0.2) is 19.3 Å². The maximum absolute atomic E-state index is 5.64. The van der Waals surface area contributed by atoms with Crippen molar-refractivity contribution in [1.29, 1.82) is 0 Å². The van der Waals surface area contributed by atoms with Gasteiger partial charge in [-0.3, -0.25) is 0 Å². The fraction of sp³-hybridized carbons (Fsp3) is 0.294. The fourth-order valence-electron chi connectivity index (χ4n) is 2.09. The van der Waals surface area contributed by atoms with Gasteiger partial charge in [0.2, 0.25) is 0 Å². The van der Waals surface area contributed by atoms with Gasteiger partial charge in [0, 0.05) is 5.92 Å². The van der Waals surface area contributed by atoms with Crippen LogP contribution in [0.4, 0.5) is 0 Å². The normalized spacial score (nSPS) is 18.9. The molecule has 2 unspecified atom stereocenters. The molecule has 2 aromatic rings. The number of benzene rings is 2. The Bertz CT molecular complexity index is 515. The maximum atomic E-state index is 5.64. The van der Waals surface area contributed by atoms with Crippen LogP contribution in [0.1, 0.15) is 24.0 Å². The summed E-state index contributed by atoms with van der Waals surface area (Å²) >= 11 is 0. The van der Waals surface area contributed by atoms with Crippen LogP contribution in [0.25, 0.3) is 0 Å². The van der Waals surface area contributed by atoms with Crippen LogP contribution >= 0.6 is 0 Å². The smallest absolute Gasteiger partial charge is 0.119 e. The largest absolute Gasteiger partial charge is 0.491 e. The van der Waals surface area contributed by atoms with Gasteiger partial charge in [-0.05, 0) is 29.3 Å². The quantitative estimate of drug-likeness (QED) is 0.762. The van der Waals surface area contributed by atoms with Crippen molar-refractivity contribution in [2.45, 2.75) is 18.9 Å². The van der Waals surface area contributed by atoms with Gasteiger partial charge in [0.15, 0.2) is 0 Å². The van der Waals surface area contributed by atoms with E-state index < -0.39 is 0 Å². The minimum absolute atomic E-state index is 0.305. The SMILES string of the molecule is CC(c1cc[c]cc1)c1ccc(OCC2CO2)cc1. The first kappa shape index (κ1) is 12.2. The molecule has 2 nitrogen and oxygen atoms in total. The van der Waals surface area contributed by atoms with E-state index in [-0.39, 0.29) is 0 Å². The van der Waals surface area contributed by atoms with E-state index in [2.05, 4.69) is 37.3 Å². The molecule has 1 heterocycles. The first-order valence-corrected chi connectivity index (χ1v) is 6.63. The van der Waals surface area contributed by atoms with Crippen LogP contribution in [0.3, 0.4) is 0 Å². The lowest BCUT2D eigenvalue weighted by Crippen LogP contribution is -2.04. The monoisotopic (exact) mass is 253 g/mol. The van der Waals surface area contributed by atoms with Crippen LogP contribution in [0, 0.1) is 6.07 Å². The molecular weight excluding hydrogens is 236 g/mol. The Hall–Kier alpha value is -1.80. The van der Waals surface area contributed by atoms with Crippen LogP contribution in [0.5, 0.6) is 5.75 Å². The van der Waals surface area contributed by atoms with Crippen LogP contribution < -0.4 is 4.74 Å². The second-order valence-corrected chi connectivity index (χ2v) is 4.89. The molecule has 0 saturated carbocycles. The number of ether oxygens (including phenoxy) is 2. The van der Waals surface area contributed by atoms with Crippen molar-refractivity contribution in [3.05, 3.63) is 65.7 Å². The highest BCUT2D eigenvalue weighted by Gasteiger charge is 2.23. The Balaban J connectivity index is 1.67.